The van der Waals surface area contributed by atoms with Crippen LogP contribution in [0, 0.1) is 0 Å². The largest absolute Gasteiger partial charge is 0.394 e. The number of nitrogens with zero attached hydrogens (tertiary/aromatic N) is 4. The Hall–Kier alpha value is -1.57. The first-order valence-electron chi connectivity index (χ1n) is 5.83. The second-order valence-corrected chi connectivity index (χ2v) is 4.33. The molecule has 7 heteroatoms. The van der Waals surface area contributed by atoms with Gasteiger partial charge in [-0.3, -0.25) is 0 Å². The van der Waals surface area contributed by atoms with Gasteiger partial charge in [0.25, 0.3) is 0 Å². The van der Waals surface area contributed by atoms with Crippen LogP contribution in [0.25, 0.3) is 11.2 Å². The first-order valence-corrected chi connectivity index (χ1v) is 5.83. The second-order valence-electron chi connectivity index (χ2n) is 4.33. The third-order valence-corrected chi connectivity index (χ3v) is 3.24. The van der Waals surface area contributed by atoms with Crippen LogP contribution >= 0.6 is 0 Å². The molecular weight excluding hydrogens is 236 g/mol. The van der Waals surface area contributed by atoms with E-state index in [1.165, 1.54) is 6.33 Å². The molecule has 3 rings (SSSR count). The van der Waals surface area contributed by atoms with Gasteiger partial charge in [-0.15, -0.1) is 0 Å². The lowest BCUT2D eigenvalue weighted by molar-refractivity contribution is 0.0576. The lowest BCUT2D eigenvalue weighted by atomic mass is 10.2. The van der Waals surface area contributed by atoms with Gasteiger partial charge in [0.15, 0.2) is 5.65 Å². The molecule has 1 aliphatic heterocycles. The molecule has 1 saturated heterocycles. The maximum Gasteiger partial charge on any atom is 0.163 e. The molecule has 0 bridgehead atoms. The number of imidazole rings is 1. The number of rotatable bonds is 3. The molecule has 2 atom stereocenters. The zero-order valence-electron chi connectivity index (χ0n) is 9.73. The maximum absolute atomic E-state index is 9.19. The van der Waals surface area contributed by atoms with E-state index >= 15 is 0 Å². The lowest BCUT2D eigenvalue weighted by Gasteiger charge is -2.10. The SMILES string of the molecule is OCc1ncnc2c1ncn2[C@@H]1CO[C@H](CO)C1. The predicted octanol–water partition coefficient (Wildman–Crippen LogP) is -0.359. The molecule has 1 fully saturated rings. The first kappa shape index (κ1) is 11.5. The van der Waals surface area contributed by atoms with Crippen LogP contribution in [0.1, 0.15) is 18.2 Å². The third kappa shape index (κ3) is 1.76. The van der Waals surface area contributed by atoms with Crippen molar-refractivity contribution in [3.05, 3.63) is 18.3 Å². The smallest absolute Gasteiger partial charge is 0.163 e. The van der Waals surface area contributed by atoms with E-state index in [4.69, 9.17) is 9.84 Å². The molecule has 0 aromatic carbocycles. The standard InChI is InChI=1S/C11H14N4O3/c16-2-8-1-7(4-18-8)15-6-14-10-9(3-17)12-5-13-11(10)15/h5-8,16-17H,1-4H2/t7-,8-/m0/s1. The highest BCUT2D eigenvalue weighted by molar-refractivity contribution is 5.73. The third-order valence-electron chi connectivity index (χ3n) is 3.24. The zero-order chi connectivity index (χ0) is 12.5. The number of ether oxygens (including phenoxy) is 1. The molecule has 3 heterocycles. The summed E-state index contributed by atoms with van der Waals surface area (Å²) in [7, 11) is 0. The highest BCUT2D eigenvalue weighted by atomic mass is 16.5. The highest BCUT2D eigenvalue weighted by Crippen LogP contribution is 2.27. The van der Waals surface area contributed by atoms with Crippen molar-refractivity contribution < 1.29 is 14.9 Å². The van der Waals surface area contributed by atoms with Crippen molar-refractivity contribution >= 4 is 11.2 Å². The van der Waals surface area contributed by atoms with Gasteiger partial charge in [-0.25, -0.2) is 15.0 Å². The van der Waals surface area contributed by atoms with Crippen molar-refractivity contribution in [3.63, 3.8) is 0 Å². The fraction of sp³-hybridized carbons (Fsp3) is 0.545. The van der Waals surface area contributed by atoms with Crippen molar-refractivity contribution in [2.45, 2.75) is 25.2 Å². The van der Waals surface area contributed by atoms with Crippen LogP contribution in [-0.4, -0.2) is 49.0 Å². The first-order chi connectivity index (χ1) is 8.83. The topological polar surface area (TPSA) is 93.3 Å². The average Bonchev–Trinajstić information content (AvgIpc) is 3.03. The monoisotopic (exact) mass is 250 g/mol. The van der Waals surface area contributed by atoms with Gasteiger partial charge in [-0.05, 0) is 6.42 Å². The molecule has 2 aromatic rings. The molecule has 0 unspecified atom stereocenters. The van der Waals surface area contributed by atoms with Crippen LogP contribution in [0.5, 0.6) is 0 Å². The fourth-order valence-corrected chi connectivity index (χ4v) is 2.29. The van der Waals surface area contributed by atoms with Crippen LogP contribution in [0.4, 0.5) is 0 Å². The summed E-state index contributed by atoms with van der Waals surface area (Å²) in [6.07, 6.45) is 3.73. The minimum absolute atomic E-state index is 0.0278. The van der Waals surface area contributed by atoms with E-state index in [9.17, 15) is 5.11 Å². The summed E-state index contributed by atoms with van der Waals surface area (Å²) < 4.78 is 7.38. The molecule has 18 heavy (non-hydrogen) atoms. The number of fused-ring (bicyclic) bond motifs is 1. The molecule has 0 amide bonds. The van der Waals surface area contributed by atoms with E-state index < -0.39 is 0 Å². The van der Waals surface area contributed by atoms with Gasteiger partial charge < -0.3 is 19.5 Å². The summed E-state index contributed by atoms with van der Waals surface area (Å²) >= 11 is 0. The van der Waals surface area contributed by atoms with Crippen molar-refractivity contribution in [3.8, 4) is 0 Å². The maximum atomic E-state index is 9.19. The van der Waals surface area contributed by atoms with Crippen LogP contribution < -0.4 is 0 Å². The Labute approximate surface area is 103 Å². The molecule has 7 nitrogen and oxygen atoms in total. The Kier molecular flexibility index (Phi) is 2.94. The summed E-state index contributed by atoms with van der Waals surface area (Å²) in [5, 5.41) is 18.3. The Balaban J connectivity index is 1.98. The zero-order valence-corrected chi connectivity index (χ0v) is 9.73. The van der Waals surface area contributed by atoms with E-state index in [1.54, 1.807) is 6.33 Å². The molecular formula is C11H14N4O3. The highest BCUT2D eigenvalue weighted by Gasteiger charge is 2.27. The Bertz CT molecular complexity index is 556. The van der Waals surface area contributed by atoms with Gasteiger partial charge in [0.2, 0.25) is 0 Å². The summed E-state index contributed by atoms with van der Waals surface area (Å²) in [5.41, 5.74) is 1.84. The molecule has 96 valence electrons. The molecule has 1 aliphatic rings. The van der Waals surface area contributed by atoms with Gasteiger partial charge >= 0.3 is 0 Å². The lowest BCUT2D eigenvalue weighted by Crippen LogP contribution is -2.11. The minimum Gasteiger partial charge on any atom is -0.394 e. The molecule has 0 radical (unpaired) electrons. The Morgan fingerprint density at radius 3 is 2.94 bits per heavy atom. The van der Waals surface area contributed by atoms with E-state index in [0.29, 0.717) is 23.5 Å². The van der Waals surface area contributed by atoms with E-state index in [2.05, 4.69) is 15.0 Å². The van der Waals surface area contributed by atoms with Crippen molar-refractivity contribution in [1.82, 2.24) is 19.5 Å². The van der Waals surface area contributed by atoms with Gasteiger partial charge in [-0.2, -0.15) is 0 Å². The number of aromatic nitrogens is 4. The van der Waals surface area contributed by atoms with Crippen molar-refractivity contribution in [2.75, 3.05) is 13.2 Å². The quantitative estimate of drug-likeness (QED) is 0.772. The molecule has 2 aromatic heterocycles. The minimum atomic E-state index is -0.156. The van der Waals surface area contributed by atoms with Crippen LogP contribution in [0.2, 0.25) is 0 Å². The van der Waals surface area contributed by atoms with E-state index in [0.717, 1.165) is 6.42 Å². The molecule has 0 saturated carbocycles. The fourth-order valence-electron chi connectivity index (χ4n) is 2.29. The van der Waals surface area contributed by atoms with Gasteiger partial charge in [0.05, 0.1) is 44.0 Å². The van der Waals surface area contributed by atoms with Gasteiger partial charge in [0.1, 0.15) is 11.8 Å². The Morgan fingerprint density at radius 1 is 1.33 bits per heavy atom. The molecule has 2 N–H and O–H groups in total. The average molecular weight is 250 g/mol. The summed E-state index contributed by atoms with van der Waals surface area (Å²) in [5.74, 6) is 0. The van der Waals surface area contributed by atoms with Gasteiger partial charge in [-0.1, -0.05) is 0 Å². The summed E-state index contributed by atoms with van der Waals surface area (Å²) in [6.45, 7) is 0.408. The number of hydrogen-bond donors (Lipinski definition) is 2. The number of hydrogen-bond acceptors (Lipinski definition) is 6. The molecule has 0 aliphatic carbocycles. The second kappa shape index (κ2) is 4.60. The van der Waals surface area contributed by atoms with Crippen molar-refractivity contribution in [2.24, 2.45) is 0 Å². The van der Waals surface area contributed by atoms with Crippen LogP contribution in [0.15, 0.2) is 12.7 Å². The van der Waals surface area contributed by atoms with Crippen LogP contribution in [-0.2, 0) is 11.3 Å². The van der Waals surface area contributed by atoms with Crippen LogP contribution in [0.3, 0.4) is 0 Å². The number of aliphatic hydroxyl groups excluding tert-OH is 2. The normalized spacial score (nSPS) is 23.9. The molecule has 0 spiro atoms. The van der Waals surface area contributed by atoms with Gasteiger partial charge in [0, 0.05) is 0 Å². The predicted molar refractivity (Wildman–Crippen MR) is 61.7 cm³/mol. The van der Waals surface area contributed by atoms with E-state index in [-0.39, 0.29) is 25.4 Å². The summed E-state index contributed by atoms with van der Waals surface area (Å²) in [4.78, 5) is 12.4. The van der Waals surface area contributed by atoms with E-state index in [1.807, 2.05) is 4.57 Å². The Morgan fingerprint density at radius 2 is 2.22 bits per heavy atom. The number of aliphatic hydroxyl groups is 2. The summed E-state index contributed by atoms with van der Waals surface area (Å²) in [6, 6.07) is 0.119. The van der Waals surface area contributed by atoms with Crippen molar-refractivity contribution in [1.29, 1.82) is 0 Å².